The van der Waals surface area contributed by atoms with Gasteiger partial charge >= 0.3 is 6.18 Å². The lowest BCUT2D eigenvalue weighted by Gasteiger charge is -2.37. The van der Waals surface area contributed by atoms with Crippen LogP contribution in [0, 0.1) is 5.92 Å². The SMILES string of the molecule is FC(F)(F)C1CCCC(NC2CNC2)C1. The van der Waals surface area contributed by atoms with Gasteiger partial charge in [0.15, 0.2) is 0 Å². The van der Waals surface area contributed by atoms with Crippen LogP contribution in [0.1, 0.15) is 25.7 Å². The second-order valence-electron chi connectivity index (χ2n) is 4.62. The maximum Gasteiger partial charge on any atom is 0.391 e. The summed E-state index contributed by atoms with van der Waals surface area (Å²) in [5.41, 5.74) is 0. The molecule has 2 N–H and O–H groups in total. The van der Waals surface area contributed by atoms with Crippen LogP contribution in [0.4, 0.5) is 13.2 Å². The van der Waals surface area contributed by atoms with E-state index in [-0.39, 0.29) is 12.5 Å². The van der Waals surface area contributed by atoms with Gasteiger partial charge in [-0.15, -0.1) is 0 Å². The van der Waals surface area contributed by atoms with Crippen molar-refractivity contribution in [1.29, 1.82) is 0 Å². The van der Waals surface area contributed by atoms with Gasteiger partial charge in [-0.05, 0) is 19.3 Å². The highest BCUT2D eigenvalue weighted by Gasteiger charge is 2.42. The van der Waals surface area contributed by atoms with Crippen molar-refractivity contribution in [2.75, 3.05) is 13.1 Å². The Hall–Kier alpha value is -0.290. The summed E-state index contributed by atoms with van der Waals surface area (Å²) >= 11 is 0. The molecular weight excluding hydrogens is 205 g/mol. The Bertz CT molecular complexity index is 213. The van der Waals surface area contributed by atoms with Crippen molar-refractivity contribution in [2.45, 2.75) is 43.9 Å². The maximum absolute atomic E-state index is 12.5. The maximum atomic E-state index is 12.5. The van der Waals surface area contributed by atoms with Gasteiger partial charge in [-0.2, -0.15) is 13.2 Å². The van der Waals surface area contributed by atoms with Gasteiger partial charge < -0.3 is 10.6 Å². The van der Waals surface area contributed by atoms with E-state index >= 15 is 0 Å². The van der Waals surface area contributed by atoms with Crippen LogP contribution in [0.3, 0.4) is 0 Å². The quantitative estimate of drug-likeness (QED) is 0.742. The van der Waals surface area contributed by atoms with Crippen molar-refractivity contribution in [3.8, 4) is 0 Å². The molecule has 0 aromatic heterocycles. The highest BCUT2D eigenvalue weighted by Crippen LogP contribution is 2.37. The molecule has 2 aliphatic rings. The Kier molecular flexibility index (Phi) is 3.21. The summed E-state index contributed by atoms with van der Waals surface area (Å²) in [6.07, 6.45) is -1.84. The smallest absolute Gasteiger partial charge is 0.314 e. The second-order valence-corrected chi connectivity index (χ2v) is 4.62. The summed E-state index contributed by atoms with van der Waals surface area (Å²) in [7, 11) is 0. The summed E-state index contributed by atoms with van der Waals surface area (Å²) < 4.78 is 37.5. The third kappa shape index (κ3) is 2.84. The molecule has 2 atom stereocenters. The molecule has 5 heteroatoms. The Morgan fingerprint density at radius 1 is 1.07 bits per heavy atom. The van der Waals surface area contributed by atoms with Crippen molar-refractivity contribution < 1.29 is 13.2 Å². The van der Waals surface area contributed by atoms with E-state index in [9.17, 15) is 13.2 Å². The molecule has 0 radical (unpaired) electrons. The van der Waals surface area contributed by atoms with Gasteiger partial charge in [-0.1, -0.05) is 6.42 Å². The monoisotopic (exact) mass is 222 g/mol. The molecule has 1 aliphatic heterocycles. The Morgan fingerprint density at radius 2 is 1.80 bits per heavy atom. The number of nitrogens with one attached hydrogen (secondary N) is 2. The molecule has 1 heterocycles. The molecule has 0 amide bonds. The average Bonchev–Trinajstić information content (AvgIpc) is 2.11. The van der Waals surface area contributed by atoms with Gasteiger partial charge in [0.2, 0.25) is 0 Å². The van der Waals surface area contributed by atoms with E-state index < -0.39 is 12.1 Å². The molecule has 2 fully saturated rings. The van der Waals surface area contributed by atoms with Gasteiger partial charge in [-0.3, -0.25) is 0 Å². The highest BCUT2D eigenvalue weighted by molar-refractivity contribution is 4.88. The molecule has 2 nitrogen and oxygen atoms in total. The first-order valence-electron chi connectivity index (χ1n) is 5.59. The Labute approximate surface area is 87.6 Å². The fourth-order valence-corrected chi connectivity index (χ4v) is 2.38. The minimum Gasteiger partial charge on any atom is -0.314 e. The molecular formula is C10H17F3N2. The zero-order valence-electron chi connectivity index (χ0n) is 8.61. The van der Waals surface area contributed by atoms with Gasteiger partial charge in [-0.25, -0.2) is 0 Å². The first kappa shape index (κ1) is 11.2. The topological polar surface area (TPSA) is 24.1 Å². The molecule has 0 aromatic rings. The summed E-state index contributed by atoms with van der Waals surface area (Å²) in [6.45, 7) is 1.79. The standard InChI is InChI=1S/C10H17F3N2/c11-10(12,13)7-2-1-3-8(4-7)15-9-5-14-6-9/h7-9,14-15H,1-6H2. The van der Waals surface area contributed by atoms with E-state index in [1.807, 2.05) is 0 Å². The molecule has 2 unspecified atom stereocenters. The lowest BCUT2D eigenvalue weighted by Crippen LogP contribution is -2.58. The fourth-order valence-electron chi connectivity index (χ4n) is 2.38. The first-order chi connectivity index (χ1) is 7.05. The van der Waals surface area contributed by atoms with Crippen LogP contribution in [0.5, 0.6) is 0 Å². The zero-order chi connectivity index (χ0) is 10.9. The molecule has 1 saturated carbocycles. The molecule has 1 saturated heterocycles. The number of halogens is 3. The molecule has 2 rings (SSSR count). The number of hydrogen-bond acceptors (Lipinski definition) is 2. The van der Waals surface area contributed by atoms with Crippen LogP contribution in [0.2, 0.25) is 0 Å². The summed E-state index contributed by atoms with van der Waals surface area (Å²) in [4.78, 5) is 0. The molecule has 1 aliphatic carbocycles. The van der Waals surface area contributed by atoms with E-state index in [1.165, 1.54) is 0 Å². The predicted molar refractivity (Wildman–Crippen MR) is 51.6 cm³/mol. The van der Waals surface area contributed by atoms with Crippen LogP contribution < -0.4 is 10.6 Å². The van der Waals surface area contributed by atoms with Gasteiger partial charge in [0, 0.05) is 25.2 Å². The van der Waals surface area contributed by atoms with Crippen LogP contribution in [0.15, 0.2) is 0 Å². The lowest BCUT2D eigenvalue weighted by atomic mass is 9.85. The summed E-state index contributed by atoms with van der Waals surface area (Å²) in [5.74, 6) is -1.09. The van der Waals surface area contributed by atoms with E-state index in [0.29, 0.717) is 18.9 Å². The van der Waals surface area contributed by atoms with Gasteiger partial charge in [0.25, 0.3) is 0 Å². The predicted octanol–water partition coefficient (Wildman–Crippen LogP) is 1.67. The second kappa shape index (κ2) is 4.29. The number of hydrogen-bond donors (Lipinski definition) is 2. The van der Waals surface area contributed by atoms with E-state index in [0.717, 1.165) is 19.5 Å². The first-order valence-corrected chi connectivity index (χ1v) is 5.59. The van der Waals surface area contributed by atoms with E-state index in [2.05, 4.69) is 10.6 Å². The van der Waals surface area contributed by atoms with Crippen molar-refractivity contribution in [2.24, 2.45) is 5.92 Å². The van der Waals surface area contributed by atoms with E-state index in [4.69, 9.17) is 0 Å². The van der Waals surface area contributed by atoms with Crippen molar-refractivity contribution in [1.82, 2.24) is 10.6 Å². The third-order valence-electron chi connectivity index (χ3n) is 3.39. The minimum absolute atomic E-state index is 0.0671. The van der Waals surface area contributed by atoms with Crippen LogP contribution in [-0.4, -0.2) is 31.3 Å². The van der Waals surface area contributed by atoms with Crippen LogP contribution >= 0.6 is 0 Å². The van der Waals surface area contributed by atoms with E-state index in [1.54, 1.807) is 0 Å². The summed E-state index contributed by atoms with van der Waals surface area (Å²) in [6, 6.07) is 0.458. The lowest BCUT2D eigenvalue weighted by molar-refractivity contribution is -0.184. The Balaban J connectivity index is 1.81. The van der Waals surface area contributed by atoms with Crippen LogP contribution in [-0.2, 0) is 0 Å². The van der Waals surface area contributed by atoms with Gasteiger partial charge in [0.05, 0.1) is 5.92 Å². The average molecular weight is 222 g/mol. The molecule has 0 aromatic carbocycles. The Morgan fingerprint density at radius 3 is 2.33 bits per heavy atom. The van der Waals surface area contributed by atoms with Crippen LogP contribution in [0.25, 0.3) is 0 Å². The molecule has 15 heavy (non-hydrogen) atoms. The molecule has 88 valence electrons. The largest absolute Gasteiger partial charge is 0.391 e. The molecule has 0 bridgehead atoms. The normalized spacial score (nSPS) is 33.8. The highest BCUT2D eigenvalue weighted by atomic mass is 19.4. The number of rotatable bonds is 2. The third-order valence-corrected chi connectivity index (χ3v) is 3.39. The van der Waals surface area contributed by atoms with Crippen molar-refractivity contribution in [3.05, 3.63) is 0 Å². The number of alkyl halides is 3. The van der Waals surface area contributed by atoms with Crippen molar-refractivity contribution >= 4 is 0 Å². The zero-order valence-corrected chi connectivity index (χ0v) is 8.61. The summed E-state index contributed by atoms with van der Waals surface area (Å²) in [5, 5.41) is 6.40. The van der Waals surface area contributed by atoms with Gasteiger partial charge in [0.1, 0.15) is 0 Å². The molecule has 0 spiro atoms. The van der Waals surface area contributed by atoms with Crippen molar-refractivity contribution in [3.63, 3.8) is 0 Å². The fraction of sp³-hybridized carbons (Fsp3) is 1.00. The minimum atomic E-state index is -4.00.